The van der Waals surface area contributed by atoms with E-state index in [1.54, 1.807) is 0 Å². The lowest BCUT2D eigenvalue weighted by Gasteiger charge is -2.10. The van der Waals surface area contributed by atoms with Crippen molar-refractivity contribution in [2.45, 2.75) is 37.9 Å². The van der Waals surface area contributed by atoms with Crippen LogP contribution in [0.4, 0.5) is 0 Å². The highest BCUT2D eigenvalue weighted by atomic mass is 32.2. The zero-order valence-corrected chi connectivity index (χ0v) is 9.07. The van der Waals surface area contributed by atoms with E-state index < -0.39 is 9.84 Å². The Morgan fingerprint density at radius 1 is 1.31 bits per heavy atom. The van der Waals surface area contributed by atoms with Crippen LogP contribution in [0.25, 0.3) is 0 Å². The van der Waals surface area contributed by atoms with Gasteiger partial charge in [0.05, 0.1) is 11.0 Å². The molecule has 0 aromatic rings. The molecule has 4 heteroatoms. The van der Waals surface area contributed by atoms with Crippen LogP contribution in [0.15, 0.2) is 0 Å². The van der Waals surface area contributed by atoms with Crippen molar-refractivity contribution in [2.24, 2.45) is 0 Å². The molecule has 0 atom stereocenters. The van der Waals surface area contributed by atoms with Crippen molar-refractivity contribution < 1.29 is 8.42 Å². The van der Waals surface area contributed by atoms with Gasteiger partial charge in [0.25, 0.3) is 0 Å². The molecule has 0 radical (unpaired) electrons. The standard InChI is InChI=1S/C9H19NO2S/c1-2-10-7-8-13(11,12)9-5-3-4-6-9/h9-10H,2-8H2,1H3. The second-order valence-electron chi connectivity index (χ2n) is 3.63. The lowest BCUT2D eigenvalue weighted by atomic mass is 10.4. The van der Waals surface area contributed by atoms with Crippen molar-refractivity contribution in [3.8, 4) is 0 Å². The van der Waals surface area contributed by atoms with Crippen molar-refractivity contribution in [3.05, 3.63) is 0 Å². The molecule has 1 saturated carbocycles. The fourth-order valence-corrected chi connectivity index (χ4v) is 3.62. The third-order valence-corrected chi connectivity index (χ3v) is 4.88. The maximum Gasteiger partial charge on any atom is 0.154 e. The first-order chi connectivity index (χ1) is 6.17. The fraction of sp³-hybridized carbons (Fsp3) is 1.00. The van der Waals surface area contributed by atoms with Gasteiger partial charge in [-0.2, -0.15) is 0 Å². The van der Waals surface area contributed by atoms with E-state index in [2.05, 4.69) is 5.32 Å². The molecule has 0 aliphatic heterocycles. The maximum atomic E-state index is 11.7. The normalized spacial score (nSPS) is 19.5. The van der Waals surface area contributed by atoms with Gasteiger partial charge in [0.2, 0.25) is 0 Å². The largest absolute Gasteiger partial charge is 0.316 e. The molecule has 0 amide bonds. The summed E-state index contributed by atoms with van der Waals surface area (Å²) in [6.45, 7) is 3.44. The summed E-state index contributed by atoms with van der Waals surface area (Å²) in [5, 5.41) is 3.01. The number of rotatable bonds is 5. The second-order valence-corrected chi connectivity index (χ2v) is 6.03. The first kappa shape index (κ1) is 11.0. The Morgan fingerprint density at radius 2 is 1.92 bits per heavy atom. The Morgan fingerprint density at radius 3 is 2.46 bits per heavy atom. The summed E-state index contributed by atoms with van der Waals surface area (Å²) >= 11 is 0. The Bertz CT molecular complexity index is 230. The van der Waals surface area contributed by atoms with E-state index in [9.17, 15) is 8.42 Å². The Balaban J connectivity index is 2.36. The minimum Gasteiger partial charge on any atom is -0.316 e. The number of hydrogen-bond donors (Lipinski definition) is 1. The molecular weight excluding hydrogens is 186 g/mol. The van der Waals surface area contributed by atoms with Gasteiger partial charge in [-0.25, -0.2) is 8.42 Å². The highest BCUT2D eigenvalue weighted by Gasteiger charge is 2.27. The van der Waals surface area contributed by atoms with Crippen LogP contribution in [0.3, 0.4) is 0 Å². The van der Waals surface area contributed by atoms with Crippen LogP contribution in [0.2, 0.25) is 0 Å². The van der Waals surface area contributed by atoms with Gasteiger partial charge in [-0.15, -0.1) is 0 Å². The second kappa shape index (κ2) is 4.96. The van der Waals surface area contributed by atoms with E-state index >= 15 is 0 Å². The molecule has 1 aliphatic rings. The first-order valence-electron chi connectivity index (χ1n) is 5.09. The molecular formula is C9H19NO2S. The van der Waals surface area contributed by atoms with Crippen LogP contribution in [-0.2, 0) is 9.84 Å². The number of sulfone groups is 1. The summed E-state index contributed by atoms with van der Waals surface area (Å²) in [6.07, 6.45) is 3.94. The van der Waals surface area contributed by atoms with Crippen LogP contribution in [0, 0.1) is 0 Å². The van der Waals surface area contributed by atoms with Crippen LogP contribution < -0.4 is 5.32 Å². The molecule has 1 rings (SSSR count). The molecule has 1 aliphatic carbocycles. The van der Waals surface area contributed by atoms with Crippen LogP contribution in [-0.4, -0.2) is 32.5 Å². The van der Waals surface area contributed by atoms with Gasteiger partial charge in [0.1, 0.15) is 0 Å². The lowest BCUT2D eigenvalue weighted by Crippen LogP contribution is -2.28. The van der Waals surface area contributed by atoms with Gasteiger partial charge in [-0.1, -0.05) is 19.8 Å². The van der Waals surface area contributed by atoms with E-state index in [1.165, 1.54) is 0 Å². The smallest absolute Gasteiger partial charge is 0.154 e. The highest BCUT2D eigenvalue weighted by Crippen LogP contribution is 2.24. The molecule has 0 bridgehead atoms. The molecule has 0 heterocycles. The fourth-order valence-electron chi connectivity index (χ4n) is 1.81. The molecule has 0 unspecified atom stereocenters. The van der Waals surface area contributed by atoms with Gasteiger partial charge in [0.15, 0.2) is 9.84 Å². The SMILES string of the molecule is CCNCCS(=O)(=O)C1CCCC1. The van der Waals surface area contributed by atoms with Crippen LogP contribution >= 0.6 is 0 Å². The molecule has 3 nitrogen and oxygen atoms in total. The average Bonchev–Trinajstić information content (AvgIpc) is 2.56. The van der Waals surface area contributed by atoms with E-state index in [0.29, 0.717) is 12.3 Å². The van der Waals surface area contributed by atoms with Crippen molar-refractivity contribution in [2.75, 3.05) is 18.8 Å². The van der Waals surface area contributed by atoms with E-state index in [1.807, 2.05) is 6.92 Å². The molecule has 78 valence electrons. The average molecular weight is 205 g/mol. The zero-order valence-electron chi connectivity index (χ0n) is 8.25. The number of hydrogen-bond acceptors (Lipinski definition) is 3. The van der Waals surface area contributed by atoms with Crippen LogP contribution in [0.5, 0.6) is 0 Å². The summed E-state index contributed by atoms with van der Waals surface area (Å²) in [7, 11) is -2.79. The van der Waals surface area contributed by atoms with Gasteiger partial charge in [-0.05, 0) is 19.4 Å². The van der Waals surface area contributed by atoms with Gasteiger partial charge < -0.3 is 5.32 Å². The summed E-state index contributed by atoms with van der Waals surface area (Å²) < 4.78 is 23.3. The highest BCUT2D eigenvalue weighted by molar-refractivity contribution is 7.92. The van der Waals surface area contributed by atoms with Crippen molar-refractivity contribution >= 4 is 9.84 Å². The Labute approximate surface area is 80.8 Å². The predicted molar refractivity (Wildman–Crippen MR) is 54.6 cm³/mol. The minimum atomic E-state index is -2.79. The van der Waals surface area contributed by atoms with Crippen molar-refractivity contribution in [1.82, 2.24) is 5.32 Å². The summed E-state index contributed by atoms with van der Waals surface area (Å²) in [6, 6.07) is 0. The summed E-state index contributed by atoms with van der Waals surface area (Å²) in [5.41, 5.74) is 0. The predicted octanol–water partition coefficient (Wildman–Crippen LogP) is 0.953. The summed E-state index contributed by atoms with van der Waals surface area (Å²) in [4.78, 5) is 0. The third-order valence-electron chi connectivity index (χ3n) is 2.62. The molecule has 0 aromatic heterocycles. The third kappa shape index (κ3) is 3.27. The first-order valence-corrected chi connectivity index (χ1v) is 6.80. The quantitative estimate of drug-likeness (QED) is 0.680. The molecule has 1 fully saturated rings. The monoisotopic (exact) mass is 205 g/mol. The Hall–Kier alpha value is -0.0900. The van der Waals surface area contributed by atoms with E-state index in [4.69, 9.17) is 0 Å². The van der Waals surface area contributed by atoms with E-state index in [-0.39, 0.29) is 5.25 Å². The van der Waals surface area contributed by atoms with E-state index in [0.717, 1.165) is 32.2 Å². The zero-order chi connectivity index (χ0) is 9.73. The Kier molecular flexibility index (Phi) is 4.19. The minimum absolute atomic E-state index is 0.0360. The molecule has 0 saturated heterocycles. The molecule has 0 spiro atoms. The topological polar surface area (TPSA) is 46.2 Å². The van der Waals surface area contributed by atoms with Crippen molar-refractivity contribution in [3.63, 3.8) is 0 Å². The molecule has 1 N–H and O–H groups in total. The van der Waals surface area contributed by atoms with Gasteiger partial charge >= 0.3 is 0 Å². The van der Waals surface area contributed by atoms with Gasteiger partial charge in [-0.3, -0.25) is 0 Å². The van der Waals surface area contributed by atoms with Gasteiger partial charge in [0, 0.05) is 6.54 Å². The molecule has 0 aromatic carbocycles. The van der Waals surface area contributed by atoms with Crippen molar-refractivity contribution in [1.29, 1.82) is 0 Å². The molecule has 13 heavy (non-hydrogen) atoms. The van der Waals surface area contributed by atoms with Crippen LogP contribution in [0.1, 0.15) is 32.6 Å². The lowest BCUT2D eigenvalue weighted by molar-refractivity contribution is 0.576. The number of nitrogens with one attached hydrogen (secondary N) is 1. The maximum absolute atomic E-state index is 11.7. The summed E-state index contributed by atoms with van der Waals surface area (Å²) in [5.74, 6) is 0.311.